The van der Waals surface area contributed by atoms with Crippen LogP contribution < -0.4 is 0 Å². The number of carboxylic acid groups (broad SMARTS) is 1. The largest absolute Gasteiger partial charge is 0.481 e. The smallest absolute Gasteiger partial charge is 0.306 e. The number of carboxylic acids is 1. The molecule has 0 aromatic carbocycles. The van der Waals surface area contributed by atoms with Crippen LogP contribution in [0.15, 0.2) is 0 Å². The van der Waals surface area contributed by atoms with Gasteiger partial charge < -0.3 is 5.11 Å². The second kappa shape index (κ2) is 3.55. The van der Waals surface area contributed by atoms with E-state index in [1.165, 1.54) is 4.90 Å². The van der Waals surface area contributed by atoms with Crippen LogP contribution in [0, 0.1) is 23.7 Å². The standard InChI is InChI=1S/C12H15NO4/c14-10-8-4-9(8)11(15)13(10)5-6-2-1-3-7(6)12(16)17/h6-9H,1-5H2,(H,16,17). The van der Waals surface area contributed by atoms with Gasteiger partial charge in [-0.05, 0) is 25.2 Å². The Balaban J connectivity index is 1.69. The maximum absolute atomic E-state index is 11.8. The van der Waals surface area contributed by atoms with Gasteiger partial charge in [0.25, 0.3) is 0 Å². The molecule has 4 atom stereocenters. The number of fused-ring (bicyclic) bond motifs is 1. The molecule has 1 aliphatic heterocycles. The number of rotatable bonds is 3. The Morgan fingerprint density at radius 2 is 1.88 bits per heavy atom. The van der Waals surface area contributed by atoms with Gasteiger partial charge in [0.05, 0.1) is 17.8 Å². The van der Waals surface area contributed by atoms with E-state index < -0.39 is 5.97 Å². The summed E-state index contributed by atoms with van der Waals surface area (Å²) in [6.07, 6.45) is 3.07. The number of hydrogen-bond donors (Lipinski definition) is 1. The number of carbonyl (C=O) groups is 3. The summed E-state index contributed by atoms with van der Waals surface area (Å²) in [5, 5.41) is 9.06. The van der Waals surface area contributed by atoms with Gasteiger partial charge in [-0.25, -0.2) is 0 Å². The third kappa shape index (κ3) is 1.56. The van der Waals surface area contributed by atoms with Gasteiger partial charge in [-0.3, -0.25) is 19.3 Å². The van der Waals surface area contributed by atoms with Crippen molar-refractivity contribution < 1.29 is 19.5 Å². The number of likely N-dealkylation sites (tertiary alicyclic amines) is 1. The van der Waals surface area contributed by atoms with Gasteiger partial charge in [0.15, 0.2) is 0 Å². The summed E-state index contributed by atoms with van der Waals surface area (Å²) in [6.45, 7) is 0.321. The zero-order valence-corrected chi connectivity index (χ0v) is 9.46. The highest BCUT2D eigenvalue weighted by Gasteiger charge is 2.59. The monoisotopic (exact) mass is 237 g/mol. The molecule has 0 aromatic rings. The topological polar surface area (TPSA) is 74.7 Å². The van der Waals surface area contributed by atoms with E-state index >= 15 is 0 Å². The van der Waals surface area contributed by atoms with Crippen LogP contribution in [-0.4, -0.2) is 34.3 Å². The molecule has 1 saturated heterocycles. The van der Waals surface area contributed by atoms with Gasteiger partial charge in [-0.15, -0.1) is 0 Å². The van der Waals surface area contributed by atoms with Crippen molar-refractivity contribution in [2.24, 2.45) is 23.7 Å². The summed E-state index contributed by atoms with van der Waals surface area (Å²) in [7, 11) is 0. The average Bonchev–Trinajstić information content (AvgIpc) is 2.88. The van der Waals surface area contributed by atoms with E-state index in [0.29, 0.717) is 19.4 Å². The van der Waals surface area contributed by atoms with Crippen molar-refractivity contribution in [2.45, 2.75) is 25.7 Å². The normalized spacial score (nSPS) is 39.6. The van der Waals surface area contributed by atoms with Crippen molar-refractivity contribution in [2.75, 3.05) is 6.54 Å². The van der Waals surface area contributed by atoms with Gasteiger partial charge in [0.2, 0.25) is 11.8 Å². The Hall–Kier alpha value is -1.39. The van der Waals surface area contributed by atoms with Gasteiger partial charge in [0.1, 0.15) is 0 Å². The first-order valence-corrected chi connectivity index (χ1v) is 6.17. The van der Waals surface area contributed by atoms with Crippen LogP contribution in [-0.2, 0) is 14.4 Å². The molecule has 0 aromatic heterocycles. The van der Waals surface area contributed by atoms with E-state index in [4.69, 9.17) is 5.11 Å². The molecule has 0 spiro atoms. The fraction of sp³-hybridized carbons (Fsp3) is 0.750. The molecule has 4 unspecified atom stereocenters. The number of imide groups is 1. The van der Waals surface area contributed by atoms with E-state index in [2.05, 4.69) is 0 Å². The van der Waals surface area contributed by atoms with Crippen LogP contribution in [0.3, 0.4) is 0 Å². The minimum atomic E-state index is -0.795. The summed E-state index contributed by atoms with van der Waals surface area (Å²) in [5.41, 5.74) is 0. The second-order valence-electron chi connectivity index (χ2n) is 5.37. The maximum atomic E-state index is 11.8. The zero-order valence-electron chi connectivity index (χ0n) is 9.46. The first-order valence-electron chi connectivity index (χ1n) is 6.17. The van der Waals surface area contributed by atoms with E-state index in [0.717, 1.165) is 12.8 Å². The van der Waals surface area contributed by atoms with Crippen molar-refractivity contribution in [1.29, 1.82) is 0 Å². The van der Waals surface area contributed by atoms with Crippen molar-refractivity contribution in [3.63, 3.8) is 0 Å². The van der Waals surface area contributed by atoms with Crippen molar-refractivity contribution >= 4 is 17.8 Å². The molecule has 92 valence electrons. The van der Waals surface area contributed by atoms with Crippen LogP contribution in [0.1, 0.15) is 25.7 Å². The average molecular weight is 237 g/mol. The van der Waals surface area contributed by atoms with Crippen molar-refractivity contribution in [3.8, 4) is 0 Å². The second-order valence-corrected chi connectivity index (χ2v) is 5.37. The molecule has 0 radical (unpaired) electrons. The molecule has 1 N–H and O–H groups in total. The number of amides is 2. The van der Waals surface area contributed by atoms with Gasteiger partial charge in [-0.1, -0.05) is 6.42 Å². The molecule has 17 heavy (non-hydrogen) atoms. The molecule has 3 rings (SSSR count). The molecule has 3 fully saturated rings. The lowest BCUT2D eigenvalue weighted by Crippen LogP contribution is -2.39. The van der Waals surface area contributed by atoms with E-state index in [1.54, 1.807) is 0 Å². The minimum Gasteiger partial charge on any atom is -0.481 e. The first-order chi connectivity index (χ1) is 8.09. The number of nitrogens with zero attached hydrogens (tertiary/aromatic N) is 1. The molecule has 3 aliphatic rings. The fourth-order valence-corrected chi connectivity index (χ4v) is 3.24. The molecule has 1 heterocycles. The Bertz CT molecular complexity index is 385. The van der Waals surface area contributed by atoms with Gasteiger partial charge in [0, 0.05) is 6.54 Å². The SMILES string of the molecule is O=C(O)C1CCCC1CN1C(=O)C2CC2C1=O. The van der Waals surface area contributed by atoms with Crippen LogP contribution in [0.25, 0.3) is 0 Å². The van der Waals surface area contributed by atoms with E-state index in [-0.39, 0.29) is 35.5 Å². The maximum Gasteiger partial charge on any atom is 0.306 e. The quantitative estimate of drug-likeness (QED) is 0.725. The first kappa shape index (κ1) is 10.7. The lowest BCUT2D eigenvalue weighted by atomic mass is 9.95. The van der Waals surface area contributed by atoms with Crippen LogP contribution >= 0.6 is 0 Å². The van der Waals surface area contributed by atoms with Gasteiger partial charge >= 0.3 is 5.97 Å². The fourth-order valence-electron chi connectivity index (χ4n) is 3.24. The number of aliphatic carboxylic acids is 1. The molecule has 5 nitrogen and oxygen atoms in total. The number of piperidine rings is 1. The number of hydrogen-bond acceptors (Lipinski definition) is 3. The van der Waals surface area contributed by atoms with Crippen molar-refractivity contribution in [1.82, 2.24) is 4.90 Å². The summed E-state index contributed by atoms with van der Waals surface area (Å²) in [4.78, 5) is 35.9. The highest BCUT2D eigenvalue weighted by atomic mass is 16.4. The predicted octanol–water partition coefficient (Wildman–Crippen LogP) is 0.492. The van der Waals surface area contributed by atoms with Crippen LogP contribution in [0.4, 0.5) is 0 Å². The van der Waals surface area contributed by atoms with E-state index in [1.807, 2.05) is 0 Å². The molecular weight excluding hydrogens is 222 g/mol. The lowest BCUT2D eigenvalue weighted by molar-refractivity contribution is -0.147. The van der Waals surface area contributed by atoms with E-state index in [9.17, 15) is 14.4 Å². The Morgan fingerprint density at radius 1 is 1.24 bits per heavy atom. The third-order valence-electron chi connectivity index (χ3n) is 4.35. The van der Waals surface area contributed by atoms with Crippen LogP contribution in [0.2, 0.25) is 0 Å². The Kier molecular flexibility index (Phi) is 2.24. The Morgan fingerprint density at radius 3 is 2.47 bits per heavy atom. The molecule has 2 amide bonds. The predicted molar refractivity (Wildman–Crippen MR) is 56.8 cm³/mol. The van der Waals surface area contributed by atoms with Crippen molar-refractivity contribution in [3.05, 3.63) is 0 Å². The van der Waals surface area contributed by atoms with Gasteiger partial charge in [-0.2, -0.15) is 0 Å². The molecule has 0 bridgehead atoms. The Labute approximate surface area is 98.8 Å². The molecule has 2 aliphatic carbocycles. The highest BCUT2D eigenvalue weighted by Crippen LogP contribution is 2.47. The third-order valence-corrected chi connectivity index (χ3v) is 4.35. The summed E-state index contributed by atoms with van der Waals surface area (Å²) >= 11 is 0. The zero-order chi connectivity index (χ0) is 12.2. The summed E-state index contributed by atoms with van der Waals surface area (Å²) < 4.78 is 0. The molecule has 2 saturated carbocycles. The summed E-state index contributed by atoms with van der Waals surface area (Å²) in [6, 6.07) is 0. The number of carbonyl (C=O) groups excluding carboxylic acids is 2. The molecule has 5 heteroatoms. The molecular formula is C12H15NO4. The summed E-state index contributed by atoms with van der Waals surface area (Å²) in [5.74, 6) is -1.52. The highest BCUT2D eigenvalue weighted by molar-refractivity contribution is 6.08. The lowest BCUT2D eigenvalue weighted by Gasteiger charge is -2.23. The minimum absolute atomic E-state index is 0.0436. The van der Waals surface area contributed by atoms with Crippen LogP contribution in [0.5, 0.6) is 0 Å².